The van der Waals surface area contributed by atoms with Crippen molar-refractivity contribution in [2.75, 3.05) is 33.2 Å². The maximum absolute atomic E-state index is 6.02. The maximum atomic E-state index is 6.02. The van der Waals surface area contributed by atoms with Crippen molar-refractivity contribution in [3.8, 4) is 0 Å². The monoisotopic (exact) mass is 450 g/mol. The molecule has 0 bridgehead atoms. The first-order valence-corrected chi connectivity index (χ1v) is 10.3. The van der Waals surface area contributed by atoms with Gasteiger partial charge in [0.2, 0.25) is 0 Å². The number of halogens is 1. The number of aryl methyl sites for hydroxylation is 1. The van der Waals surface area contributed by atoms with Crippen molar-refractivity contribution in [2.45, 2.75) is 33.4 Å². The first kappa shape index (κ1) is 26.8. The molecule has 1 unspecified atom stereocenters. The molecule has 0 aliphatic rings. The highest BCUT2D eigenvalue weighted by Crippen LogP contribution is 2.20. The molecular weight excluding hydrogens is 416 g/mol. The summed E-state index contributed by atoms with van der Waals surface area (Å²) < 4.78 is 0. The molecule has 4 N–H and O–H groups in total. The Hall–Kier alpha value is -2.20. The maximum Gasteiger partial charge on any atom is 0.144 e. The van der Waals surface area contributed by atoms with Gasteiger partial charge in [0.05, 0.1) is 25.5 Å². The van der Waals surface area contributed by atoms with E-state index in [1.54, 1.807) is 24.4 Å². The summed E-state index contributed by atoms with van der Waals surface area (Å²) in [4.78, 5) is 10.8. The second kappa shape index (κ2) is 14.7. The summed E-state index contributed by atoms with van der Waals surface area (Å²) in [7, 11) is 5.27. The molecule has 0 aliphatic heterocycles. The minimum absolute atomic E-state index is 0.320. The first-order valence-electron chi connectivity index (χ1n) is 9.94. The zero-order valence-corrected chi connectivity index (χ0v) is 20.0. The third-order valence-electron chi connectivity index (χ3n) is 4.51. The number of allylic oxidation sites excluding steroid dienone is 3. The summed E-state index contributed by atoms with van der Waals surface area (Å²) in [6.07, 6.45) is 5.39. The van der Waals surface area contributed by atoms with E-state index in [2.05, 4.69) is 33.4 Å². The highest BCUT2D eigenvalue weighted by molar-refractivity contribution is 6.31. The van der Waals surface area contributed by atoms with E-state index in [-0.39, 0.29) is 6.04 Å². The highest BCUT2D eigenvalue weighted by Gasteiger charge is 2.15. The van der Waals surface area contributed by atoms with Crippen LogP contribution in [-0.4, -0.2) is 44.7 Å². The summed E-state index contributed by atoms with van der Waals surface area (Å²) in [5, 5.41) is 10.0. The second-order valence-electron chi connectivity index (χ2n) is 6.74. The molecule has 1 atom stereocenters. The van der Waals surface area contributed by atoms with Crippen LogP contribution in [0, 0.1) is 6.92 Å². The fourth-order valence-corrected chi connectivity index (χ4v) is 2.63. The van der Waals surface area contributed by atoms with E-state index in [0.717, 1.165) is 22.4 Å². The molecule has 8 nitrogen and oxygen atoms in total. The van der Waals surface area contributed by atoms with Crippen LogP contribution in [0.3, 0.4) is 0 Å². The number of hydrogen-bond donors (Lipinski definition) is 4. The van der Waals surface area contributed by atoms with Crippen LogP contribution in [0.4, 0.5) is 5.69 Å². The van der Waals surface area contributed by atoms with E-state index in [9.17, 15) is 0 Å². The van der Waals surface area contributed by atoms with Crippen molar-refractivity contribution in [1.29, 1.82) is 0 Å². The number of nitrogens with one attached hydrogen (secondary N) is 4. The predicted octanol–water partition coefficient (Wildman–Crippen LogP) is 3.60. The Morgan fingerprint density at radius 2 is 2.10 bits per heavy atom. The van der Waals surface area contributed by atoms with E-state index < -0.39 is 0 Å². The lowest BCUT2D eigenvalue weighted by atomic mass is 10.1. The van der Waals surface area contributed by atoms with Gasteiger partial charge in [-0.3, -0.25) is 0 Å². The van der Waals surface area contributed by atoms with Gasteiger partial charge in [-0.1, -0.05) is 47.6 Å². The number of hydrogen-bond acceptors (Lipinski definition) is 8. The quantitative estimate of drug-likeness (QED) is 0.149. The molecule has 0 spiro atoms. The van der Waals surface area contributed by atoms with Crippen LogP contribution < -0.4 is 21.6 Å². The number of hydroxylamine groups is 1. The Morgan fingerprint density at radius 3 is 2.74 bits per heavy atom. The van der Waals surface area contributed by atoms with Crippen molar-refractivity contribution < 1.29 is 9.68 Å². The zero-order chi connectivity index (χ0) is 23.2. The molecule has 0 aromatic heterocycles. The van der Waals surface area contributed by atoms with Crippen molar-refractivity contribution in [3.63, 3.8) is 0 Å². The Bertz CT molecular complexity index is 794. The fraction of sp³-hybridized carbons (Fsp3) is 0.409. The van der Waals surface area contributed by atoms with Gasteiger partial charge in [-0.25, -0.2) is 10.9 Å². The van der Waals surface area contributed by atoms with Crippen LogP contribution in [0.2, 0.25) is 0 Å². The van der Waals surface area contributed by atoms with Crippen LogP contribution in [0.1, 0.15) is 25.0 Å². The Balaban J connectivity index is 2.84. The molecular formula is C22H35ClN6O2. The molecule has 1 rings (SSSR count). The lowest BCUT2D eigenvalue weighted by Crippen LogP contribution is -2.45. The molecule has 0 radical (unpaired) electrons. The molecule has 1 aromatic rings. The molecule has 0 saturated carbocycles. The topological polar surface area (TPSA) is 82.2 Å². The van der Waals surface area contributed by atoms with Crippen LogP contribution in [0.15, 0.2) is 58.8 Å². The van der Waals surface area contributed by atoms with E-state index in [0.29, 0.717) is 24.0 Å². The van der Waals surface area contributed by atoms with Gasteiger partial charge in [0.15, 0.2) is 0 Å². The highest BCUT2D eigenvalue weighted by atomic mass is 35.5. The van der Waals surface area contributed by atoms with Crippen LogP contribution in [-0.2, 0) is 16.3 Å². The molecule has 0 saturated heterocycles. The second-order valence-corrected chi connectivity index (χ2v) is 7.17. The lowest BCUT2D eigenvalue weighted by molar-refractivity contribution is 0.0833. The molecule has 0 amide bonds. The number of rotatable bonds is 14. The van der Waals surface area contributed by atoms with Gasteiger partial charge in [-0.05, 0) is 44.1 Å². The normalized spacial score (nSPS) is 13.7. The third kappa shape index (κ3) is 9.65. The summed E-state index contributed by atoms with van der Waals surface area (Å²) in [6, 6.07) is 5.71. The molecule has 0 fully saturated rings. The minimum atomic E-state index is -0.349. The Morgan fingerprint density at radius 1 is 1.35 bits per heavy atom. The van der Waals surface area contributed by atoms with Crippen LogP contribution >= 0.6 is 11.6 Å². The van der Waals surface area contributed by atoms with Crippen molar-refractivity contribution in [3.05, 3.63) is 64.7 Å². The summed E-state index contributed by atoms with van der Waals surface area (Å²) in [5.41, 5.74) is 13.5. The number of benzene rings is 1. The average Bonchev–Trinajstić information content (AvgIpc) is 2.76. The van der Waals surface area contributed by atoms with E-state index in [1.165, 1.54) is 0 Å². The molecule has 0 heterocycles. The Kier molecular flexibility index (Phi) is 12.8. The van der Waals surface area contributed by atoms with E-state index in [4.69, 9.17) is 21.3 Å². The molecule has 9 heteroatoms. The number of anilines is 1. The minimum Gasteiger partial charge on any atom is -0.391 e. The van der Waals surface area contributed by atoms with Gasteiger partial charge in [0.25, 0.3) is 0 Å². The van der Waals surface area contributed by atoms with Gasteiger partial charge in [-0.15, -0.1) is 0 Å². The molecule has 0 aliphatic carbocycles. The SMILES string of the molecule is C=C(/C=C\C(Cl)=C/C)C(NOC)/C(C)=N/OCc1c(C)cccc1NCNN(C)NC. The zero-order valence-electron chi connectivity index (χ0n) is 19.3. The van der Waals surface area contributed by atoms with Crippen LogP contribution in [0.5, 0.6) is 0 Å². The molecule has 172 valence electrons. The van der Waals surface area contributed by atoms with Gasteiger partial charge in [0, 0.05) is 30.4 Å². The van der Waals surface area contributed by atoms with E-state index >= 15 is 0 Å². The third-order valence-corrected chi connectivity index (χ3v) is 4.86. The van der Waals surface area contributed by atoms with E-state index in [1.807, 2.05) is 59.1 Å². The lowest BCUT2D eigenvalue weighted by Gasteiger charge is -2.19. The molecule has 31 heavy (non-hydrogen) atoms. The fourth-order valence-electron chi connectivity index (χ4n) is 2.57. The van der Waals surface area contributed by atoms with Gasteiger partial charge < -0.3 is 15.0 Å². The van der Waals surface area contributed by atoms with Crippen LogP contribution in [0.25, 0.3) is 0 Å². The standard InChI is InChI=1S/C22H35ClN6O2/c1-8-19(23)13-12-17(3)22(28-30-7)18(4)27-31-14-20-16(2)10-9-11-21(20)25-15-26-29(6)24-5/h8-13,22,24-26,28H,3,14-15H2,1-2,4-7H3/b13-12-,19-8+,27-18+. The first-order chi connectivity index (χ1) is 14.8. The largest absolute Gasteiger partial charge is 0.391 e. The average molecular weight is 451 g/mol. The summed E-state index contributed by atoms with van der Waals surface area (Å²) >= 11 is 6.02. The number of nitrogens with zero attached hydrogens (tertiary/aromatic N) is 2. The molecule has 1 aromatic carbocycles. The van der Waals surface area contributed by atoms with Gasteiger partial charge in [0.1, 0.15) is 6.61 Å². The van der Waals surface area contributed by atoms with Crippen molar-refractivity contribution in [2.24, 2.45) is 5.16 Å². The van der Waals surface area contributed by atoms with Crippen molar-refractivity contribution in [1.82, 2.24) is 21.4 Å². The summed E-state index contributed by atoms with van der Waals surface area (Å²) in [5.74, 6) is 0. The number of oxime groups is 1. The number of hydrazine groups is 2. The summed E-state index contributed by atoms with van der Waals surface area (Å²) in [6.45, 7) is 10.7. The van der Waals surface area contributed by atoms with Crippen molar-refractivity contribution >= 4 is 23.0 Å². The van der Waals surface area contributed by atoms with Gasteiger partial charge >= 0.3 is 0 Å². The predicted molar refractivity (Wildman–Crippen MR) is 129 cm³/mol. The smallest absolute Gasteiger partial charge is 0.144 e. The Labute approximate surface area is 190 Å². The van der Waals surface area contributed by atoms with Gasteiger partial charge in [-0.2, -0.15) is 10.6 Å².